The molecule has 1 amide bonds. The van der Waals surface area contributed by atoms with E-state index in [9.17, 15) is 4.79 Å². The summed E-state index contributed by atoms with van der Waals surface area (Å²) in [4.78, 5) is 12.4. The lowest BCUT2D eigenvalue weighted by molar-refractivity contribution is -0.115. The normalized spacial score (nSPS) is 12.9. The lowest BCUT2D eigenvalue weighted by Crippen LogP contribution is -2.14. The summed E-state index contributed by atoms with van der Waals surface area (Å²) >= 11 is 0. The Labute approximate surface area is 158 Å². The summed E-state index contributed by atoms with van der Waals surface area (Å²) in [6, 6.07) is 23.8. The van der Waals surface area contributed by atoms with Crippen molar-refractivity contribution in [2.75, 3.05) is 18.5 Å². The van der Waals surface area contributed by atoms with E-state index in [1.54, 1.807) is 0 Å². The molecule has 1 aliphatic heterocycles. The molecule has 0 saturated carbocycles. The lowest BCUT2D eigenvalue weighted by Gasteiger charge is -2.10. The molecule has 1 aliphatic rings. The predicted molar refractivity (Wildman–Crippen MR) is 106 cm³/mol. The van der Waals surface area contributed by atoms with E-state index in [0.717, 1.165) is 23.3 Å². The molecule has 0 spiro atoms. The number of carbonyl (C=O) groups excluding carboxylic acids is 1. The van der Waals surface area contributed by atoms with Crippen LogP contribution in [0.5, 0.6) is 11.5 Å². The summed E-state index contributed by atoms with van der Waals surface area (Å²) in [5.41, 5.74) is 4.00. The number of amides is 1. The van der Waals surface area contributed by atoms with Crippen LogP contribution in [0.25, 0.3) is 11.1 Å². The molecule has 0 radical (unpaired) electrons. The van der Waals surface area contributed by atoms with Gasteiger partial charge in [0.25, 0.3) is 0 Å². The highest BCUT2D eigenvalue weighted by atomic mass is 16.5. The highest BCUT2D eigenvalue weighted by Gasteiger charge is 2.12. The summed E-state index contributed by atoms with van der Waals surface area (Å²) in [5, 5.41) is 2.93. The van der Waals surface area contributed by atoms with E-state index in [4.69, 9.17) is 9.47 Å². The van der Waals surface area contributed by atoms with Gasteiger partial charge < -0.3 is 14.8 Å². The molecule has 0 fully saturated rings. The standard InChI is InChI=1S/C23H21NO3/c25-23(24-20-11-12-21-22(16-20)27-14-4-13-26-21)15-17-7-9-19(10-8-17)18-5-2-1-3-6-18/h1-3,5-12,16H,4,13-15H2,(H,24,25). The van der Waals surface area contributed by atoms with Crippen molar-refractivity contribution in [3.8, 4) is 22.6 Å². The van der Waals surface area contributed by atoms with Crippen molar-refractivity contribution in [2.45, 2.75) is 12.8 Å². The first-order chi connectivity index (χ1) is 13.3. The third-order valence-corrected chi connectivity index (χ3v) is 4.46. The maximum atomic E-state index is 12.4. The summed E-state index contributed by atoms with van der Waals surface area (Å²) in [5.74, 6) is 1.34. The van der Waals surface area contributed by atoms with E-state index < -0.39 is 0 Å². The molecule has 27 heavy (non-hydrogen) atoms. The van der Waals surface area contributed by atoms with Gasteiger partial charge in [0.1, 0.15) is 0 Å². The summed E-state index contributed by atoms with van der Waals surface area (Å²) in [6.07, 6.45) is 1.18. The number of anilines is 1. The molecule has 0 aromatic heterocycles. The Morgan fingerprint density at radius 2 is 1.52 bits per heavy atom. The van der Waals surface area contributed by atoms with Crippen LogP contribution in [-0.4, -0.2) is 19.1 Å². The molecule has 0 saturated heterocycles. The second-order valence-corrected chi connectivity index (χ2v) is 6.50. The van der Waals surface area contributed by atoms with E-state index in [1.165, 1.54) is 5.56 Å². The fourth-order valence-electron chi connectivity index (χ4n) is 3.08. The van der Waals surface area contributed by atoms with Gasteiger partial charge in [0, 0.05) is 18.2 Å². The molecule has 4 nitrogen and oxygen atoms in total. The minimum Gasteiger partial charge on any atom is -0.490 e. The zero-order valence-electron chi connectivity index (χ0n) is 15.0. The van der Waals surface area contributed by atoms with Gasteiger partial charge in [0.15, 0.2) is 11.5 Å². The Morgan fingerprint density at radius 3 is 2.30 bits per heavy atom. The van der Waals surface area contributed by atoms with E-state index in [2.05, 4.69) is 17.4 Å². The number of hydrogen-bond acceptors (Lipinski definition) is 3. The van der Waals surface area contributed by atoms with Gasteiger partial charge in [-0.15, -0.1) is 0 Å². The molecule has 0 atom stereocenters. The quantitative estimate of drug-likeness (QED) is 0.735. The van der Waals surface area contributed by atoms with Gasteiger partial charge >= 0.3 is 0 Å². The molecule has 4 rings (SSSR count). The fraction of sp³-hybridized carbons (Fsp3) is 0.174. The van der Waals surface area contributed by atoms with Crippen LogP contribution in [0.15, 0.2) is 72.8 Å². The van der Waals surface area contributed by atoms with Gasteiger partial charge in [-0.25, -0.2) is 0 Å². The largest absolute Gasteiger partial charge is 0.490 e. The van der Waals surface area contributed by atoms with Crippen molar-refractivity contribution < 1.29 is 14.3 Å². The van der Waals surface area contributed by atoms with E-state index in [-0.39, 0.29) is 5.91 Å². The van der Waals surface area contributed by atoms with Crippen molar-refractivity contribution in [3.05, 3.63) is 78.4 Å². The molecular formula is C23H21NO3. The number of rotatable bonds is 4. The molecule has 0 unspecified atom stereocenters. The zero-order valence-corrected chi connectivity index (χ0v) is 15.0. The molecule has 1 N–H and O–H groups in total. The molecule has 3 aromatic rings. The molecular weight excluding hydrogens is 338 g/mol. The molecule has 1 heterocycles. The lowest BCUT2D eigenvalue weighted by atomic mass is 10.0. The number of hydrogen-bond donors (Lipinski definition) is 1. The van der Waals surface area contributed by atoms with Crippen LogP contribution in [0.2, 0.25) is 0 Å². The van der Waals surface area contributed by atoms with Crippen molar-refractivity contribution in [1.82, 2.24) is 0 Å². The van der Waals surface area contributed by atoms with Gasteiger partial charge in [0.2, 0.25) is 5.91 Å². The first kappa shape index (κ1) is 17.2. The second-order valence-electron chi connectivity index (χ2n) is 6.50. The van der Waals surface area contributed by atoms with Crippen LogP contribution < -0.4 is 14.8 Å². The first-order valence-electron chi connectivity index (χ1n) is 9.12. The van der Waals surface area contributed by atoms with Gasteiger partial charge in [-0.1, -0.05) is 54.6 Å². The average Bonchev–Trinajstić information content (AvgIpc) is 2.94. The van der Waals surface area contributed by atoms with Crippen LogP contribution >= 0.6 is 0 Å². The number of ether oxygens (including phenoxy) is 2. The van der Waals surface area contributed by atoms with Gasteiger partial charge in [0.05, 0.1) is 19.6 Å². The van der Waals surface area contributed by atoms with Gasteiger partial charge in [-0.3, -0.25) is 4.79 Å². The SMILES string of the molecule is O=C(Cc1ccc(-c2ccccc2)cc1)Nc1ccc2c(c1)OCCCO2. The minimum absolute atomic E-state index is 0.0584. The van der Waals surface area contributed by atoms with Crippen LogP contribution in [0.4, 0.5) is 5.69 Å². The topological polar surface area (TPSA) is 47.6 Å². The van der Waals surface area contributed by atoms with Gasteiger partial charge in [-0.05, 0) is 28.8 Å². The van der Waals surface area contributed by atoms with Crippen LogP contribution in [0, 0.1) is 0 Å². The average molecular weight is 359 g/mol. The maximum Gasteiger partial charge on any atom is 0.228 e. The van der Waals surface area contributed by atoms with Crippen molar-refractivity contribution >= 4 is 11.6 Å². The van der Waals surface area contributed by atoms with Crippen molar-refractivity contribution in [3.63, 3.8) is 0 Å². The van der Waals surface area contributed by atoms with Gasteiger partial charge in [-0.2, -0.15) is 0 Å². The Balaban J connectivity index is 1.40. The van der Waals surface area contributed by atoms with Crippen molar-refractivity contribution in [1.29, 1.82) is 0 Å². The van der Waals surface area contributed by atoms with E-state index in [1.807, 2.05) is 60.7 Å². The van der Waals surface area contributed by atoms with Crippen LogP contribution in [0.1, 0.15) is 12.0 Å². The highest BCUT2D eigenvalue weighted by Crippen LogP contribution is 2.32. The number of carbonyl (C=O) groups is 1. The smallest absolute Gasteiger partial charge is 0.228 e. The zero-order chi connectivity index (χ0) is 18.5. The highest BCUT2D eigenvalue weighted by molar-refractivity contribution is 5.92. The fourth-order valence-corrected chi connectivity index (χ4v) is 3.08. The molecule has 3 aromatic carbocycles. The molecule has 0 aliphatic carbocycles. The number of fused-ring (bicyclic) bond motifs is 1. The Kier molecular flexibility index (Phi) is 5.06. The van der Waals surface area contributed by atoms with E-state index >= 15 is 0 Å². The third kappa shape index (κ3) is 4.29. The number of nitrogens with one attached hydrogen (secondary N) is 1. The third-order valence-electron chi connectivity index (χ3n) is 4.46. The monoisotopic (exact) mass is 359 g/mol. The first-order valence-corrected chi connectivity index (χ1v) is 9.12. The Hall–Kier alpha value is -3.27. The Morgan fingerprint density at radius 1 is 0.815 bits per heavy atom. The minimum atomic E-state index is -0.0584. The van der Waals surface area contributed by atoms with Crippen LogP contribution in [-0.2, 0) is 11.2 Å². The van der Waals surface area contributed by atoms with Crippen molar-refractivity contribution in [2.24, 2.45) is 0 Å². The second kappa shape index (κ2) is 7.96. The predicted octanol–water partition coefficient (Wildman–Crippen LogP) is 4.70. The molecule has 136 valence electrons. The maximum absolute atomic E-state index is 12.4. The summed E-state index contributed by atoms with van der Waals surface area (Å²) in [6.45, 7) is 1.27. The molecule has 0 bridgehead atoms. The Bertz CT molecular complexity index is 920. The number of benzene rings is 3. The van der Waals surface area contributed by atoms with E-state index in [0.29, 0.717) is 31.1 Å². The van der Waals surface area contributed by atoms with Crippen LogP contribution in [0.3, 0.4) is 0 Å². The molecule has 4 heteroatoms. The summed E-state index contributed by atoms with van der Waals surface area (Å²) in [7, 11) is 0. The summed E-state index contributed by atoms with van der Waals surface area (Å²) < 4.78 is 11.3.